The summed E-state index contributed by atoms with van der Waals surface area (Å²) in [7, 11) is -2.50. The molecule has 0 aliphatic carbocycles. The van der Waals surface area contributed by atoms with Crippen LogP contribution in [0.3, 0.4) is 0 Å². The van der Waals surface area contributed by atoms with Gasteiger partial charge in [-0.05, 0) is 5.56 Å². The topological polar surface area (TPSA) is 66.9 Å². The van der Waals surface area contributed by atoms with E-state index in [4.69, 9.17) is 10.5 Å². The van der Waals surface area contributed by atoms with E-state index < -0.39 is 9.73 Å². The van der Waals surface area contributed by atoms with Crippen molar-refractivity contribution >= 4 is 9.73 Å². The molecule has 0 aromatic heterocycles. The summed E-state index contributed by atoms with van der Waals surface area (Å²) in [6, 6.07) is 9.15. The van der Waals surface area contributed by atoms with Crippen molar-refractivity contribution in [3.05, 3.63) is 35.9 Å². The number of benzene rings is 1. The number of rotatable bonds is 3. The zero-order valence-electron chi connectivity index (χ0n) is 7.57. The average molecular weight is 198 g/mol. The highest BCUT2D eigenvalue weighted by atomic mass is 32.2. The van der Waals surface area contributed by atoms with Gasteiger partial charge in [-0.2, -0.15) is 0 Å². The first-order valence-electron chi connectivity index (χ1n) is 4.01. The van der Waals surface area contributed by atoms with Crippen LogP contribution in [-0.4, -0.2) is 16.2 Å². The van der Waals surface area contributed by atoms with Crippen molar-refractivity contribution in [2.45, 2.75) is 6.04 Å². The minimum atomic E-state index is -2.50. The minimum Gasteiger partial charge on any atom is -0.323 e. The largest absolute Gasteiger partial charge is 0.323 e. The first-order valence-corrected chi connectivity index (χ1v) is 6.14. The Hall–Kier alpha value is -0.870. The lowest BCUT2D eigenvalue weighted by molar-refractivity contribution is 0.670. The summed E-state index contributed by atoms with van der Waals surface area (Å²) >= 11 is 0. The highest BCUT2D eigenvalue weighted by molar-refractivity contribution is 7.91. The third-order valence-corrected chi connectivity index (χ3v) is 2.72. The molecule has 1 unspecified atom stereocenters. The molecule has 0 radical (unpaired) electrons. The maximum absolute atomic E-state index is 11.2. The molecule has 1 rings (SSSR count). The van der Waals surface area contributed by atoms with E-state index in [1.54, 1.807) is 0 Å². The van der Waals surface area contributed by atoms with Crippen LogP contribution < -0.4 is 5.73 Å². The Kier molecular flexibility index (Phi) is 3.06. The fourth-order valence-electron chi connectivity index (χ4n) is 1.14. The number of nitrogens with one attached hydrogen (secondary N) is 1. The van der Waals surface area contributed by atoms with Crippen LogP contribution in [0.15, 0.2) is 30.3 Å². The average Bonchev–Trinajstić information content (AvgIpc) is 2.03. The van der Waals surface area contributed by atoms with Crippen molar-refractivity contribution < 1.29 is 4.21 Å². The normalized spacial score (nSPS) is 17.7. The number of hydrogen-bond acceptors (Lipinski definition) is 3. The van der Waals surface area contributed by atoms with Gasteiger partial charge in [0.1, 0.15) is 0 Å². The molecular weight excluding hydrogens is 184 g/mol. The molecule has 0 saturated heterocycles. The molecule has 13 heavy (non-hydrogen) atoms. The lowest BCUT2D eigenvalue weighted by atomic mass is 10.1. The van der Waals surface area contributed by atoms with Gasteiger partial charge in [0.25, 0.3) is 0 Å². The van der Waals surface area contributed by atoms with Crippen molar-refractivity contribution in [2.75, 3.05) is 12.0 Å². The molecular formula is C9H14N2OS. The van der Waals surface area contributed by atoms with E-state index in [1.165, 1.54) is 6.26 Å². The predicted octanol–water partition coefficient (Wildman–Crippen LogP) is 1.36. The van der Waals surface area contributed by atoms with Gasteiger partial charge >= 0.3 is 0 Å². The van der Waals surface area contributed by atoms with Crippen molar-refractivity contribution in [3.8, 4) is 0 Å². The van der Waals surface area contributed by atoms with Gasteiger partial charge in [-0.3, -0.25) is 8.99 Å². The van der Waals surface area contributed by atoms with Gasteiger partial charge < -0.3 is 5.73 Å². The van der Waals surface area contributed by atoms with Crippen molar-refractivity contribution in [1.29, 1.82) is 4.78 Å². The number of hydrogen-bond donors (Lipinski definition) is 2. The minimum absolute atomic E-state index is 0.219. The second kappa shape index (κ2) is 3.89. The maximum Gasteiger partial charge on any atom is 0.0506 e. The third kappa shape index (κ3) is 3.57. The van der Waals surface area contributed by atoms with Gasteiger partial charge in [0, 0.05) is 22.0 Å². The summed E-state index contributed by atoms with van der Waals surface area (Å²) in [5, 5.41) is 0. The van der Waals surface area contributed by atoms with E-state index in [0.29, 0.717) is 0 Å². The Morgan fingerprint density at radius 2 is 2.00 bits per heavy atom. The molecule has 0 fully saturated rings. The highest BCUT2D eigenvalue weighted by Crippen LogP contribution is 2.11. The van der Waals surface area contributed by atoms with Gasteiger partial charge in [0.05, 0.1) is 5.75 Å². The Labute approximate surface area is 78.9 Å². The van der Waals surface area contributed by atoms with Crippen LogP contribution >= 0.6 is 0 Å². The summed E-state index contributed by atoms with van der Waals surface area (Å²) in [5.41, 5.74) is 6.72. The Bertz CT molecular complexity index is 358. The zero-order valence-corrected chi connectivity index (χ0v) is 8.38. The summed E-state index contributed by atoms with van der Waals surface area (Å²) < 4.78 is 18.4. The van der Waals surface area contributed by atoms with Crippen LogP contribution in [0.1, 0.15) is 11.6 Å². The molecule has 3 nitrogen and oxygen atoms in total. The first kappa shape index (κ1) is 10.2. The van der Waals surface area contributed by atoms with E-state index in [9.17, 15) is 4.21 Å². The van der Waals surface area contributed by atoms with Gasteiger partial charge in [-0.1, -0.05) is 30.3 Å². The van der Waals surface area contributed by atoms with Crippen LogP contribution in [0.4, 0.5) is 0 Å². The highest BCUT2D eigenvalue weighted by Gasteiger charge is 2.09. The van der Waals surface area contributed by atoms with Crippen LogP contribution in [0.5, 0.6) is 0 Å². The Morgan fingerprint density at radius 1 is 1.46 bits per heavy atom. The lowest BCUT2D eigenvalue weighted by Gasteiger charge is -2.11. The second-order valence-corrected chi connectivity index (χ2v) is 5.53. The van der Waals surface area contributed by atoms with Crippen LogP contribution in [0.2, 0.25) is 0 Å². The maximum atomic E-state index is 11.2. The molecule has 0 bridgehead atoms. The van der Waals surface area contributed by atoms with Gasteiger partial charge in [-0.25, -0.2) is 0 Å². The smallest absolute Gasteiger partial charge is 0.0506 e. The summed E-state index contributed by atoms with van der Waals surface area (Å²) in [5.74, 6) is 0.219. The zero-order chi connectivity index (χ0) is 9.90. The molecule has 0 aliphatic rings. The quantitative estimate of drug-likeness (QED) is 0.770. The molecule has 3 N–H and O–H groups in total. The van der Waals surface area contributed by atoms with Crippen molar-refractivity contribution in [2.24, 2.45) is 5.73 Å². The monoisotopic (exact) mass is 198 g/mol. The second-order valence-electron chi connectivity index (χ2n) is 3.19. The van der Waals surface area contributed by atoms with Gasteiger partial charge in [-0.15, -0.1) is 0 Å². The van der Waals surface area contributed by atoms with Crippen molar-refractivity contribution in [3.63, 3.8) is 0 Å². The van der Waals surface area contributed by atoms with E-state index >= 15 is 0 Å². The predicted molar refractivity (Wildman–Crippen MR) is 55.0 cm³/mol. The molecule has 72 valence electrons. The van der Waals surface area contributed by atoms with E-state index in [0.717, 1.165) is 5.56 Å². The molecule has 0 aliphatic heterocycles. The van der Waals surface area contributed by atoms with Gasteiger partial charge in [0.15, 0.2) is 0 Å². The molecule has 1 aromatic rings. The summed E-state index contributed by atoms with van der Waals surface area (Å²) in [6.07, 6.45) is 1.41. The SMILES string of the molecule is CS(=N)(=O)C[C@H](N)c1ccccc1. The molecule has 0 spiro atoms. The molecule has 1 aromatic carbocycles. The first-order chi connectivity index (χ1) is 5.99. The lowest BCUT2D eigenvalue weighted by Crippen LogP contribution is -2.19. The summed E-state index contributed by atoms with van der Waals surface area (Å²) in [4.78, 5) is 0. The van der Waals surface area contributed by atoms with Gasteiger partial charge in [0.2, 0.25) is 0 Å². The fourth-order valence-corrected chi connectivity index (χ4v) is 2.02. The summed E-state index contributed by atoms with van der Waals surface area (Å²) in [6.45, 7) is 0. The van der Waals surface area contributed by atoms with Crippen LogP contribution in [0.25, 0.3) is 0 Å². The number of nitrogens with two attached hydrogens (primary N) is 1. The molecule has 0 amide bonds. The van der Waals surface area contributed by atoms with Crippen LogP contribution in [-0.2, 0) is 9.73 Å². The van der Waals surface area contributed by atoms with E-state index in [2.05, 4.69) is 0 Å². The molecule has 0 saturated carbocycles. The molecule has 2 atom stereocenters. The standard InChI is InChI=1S/C9H14N2OS/c1-13(11,12)7-9(10)8-5-3-2-4-6-8/h2-6,9,11H,7,10H2,1H3/t9-,13?/m0/s1. The Morgan fingerprint density at radius 3 is 2.46 bits per heavy atom. The molecule has 4 heteroatoms. The molecule has 0 heterocycles. The van der Waals surface area contributed by atoms with E-state index in [-0.39, 0.29) is 11.8 Å². The Balaban J connectivity index is 2.76. The van der Waals surface area contributed by atoms with E-state index in [1.807, 2.05) is 30.3 Å². The third-order valence-electron chi connectivity index (χ3n) is 1.73. The van der Waals surface area contributed by atoms with Crippen molar-refractivity contribution in [1.82, 2.24) is 0 Å². The fraction of sp³-hybridized carbons (Fsp3) is 0.333. The van der Waals surface area contributed by atoms with Crippen LogP contribution in [0, 0.1) is 4.78 Å².